The Balaban J connectivity index is 1.85. The van der Waals surface area contributed by atoms with Crippen LogP contribution in [0.4, 0.5) is 5.82 Å². The maximum atomic E-state index is 10.9. The maximum absolute atomic E-state index is 10.9. The van der Waals surface area contributed by atoms with E-state index in [1.807, 2.05) is 0 Å². The van der Waals surface area contributed by atoms with Gasteiger partial charge in [-0.3, -0.25) is 4.79 Å². The van der Waals surface area contributed by atoms with E-state index in [-0.39, 0.29) is 12.0 Å². The topological polar surface area (TPSA) is 143 Å². The summed E-state index contributed by atoms with van der Waals surface area (Å²) in [5.41, 5.74) is 0.585. The lowest BCUT2D eigenvalue weighted by Gasteiger charge is -2.06. The van der Waals surface area contributed by atoms with E-state index >= 15 is 0 Å². The van der Waals surface area contributed by atoms with Crippen LogP contribution in [0.3, 0.4) is 0 Å². The molecular weight excluding hydrogens is 328 g/mol. The largest absolute Gasteiger partial charge is 0.481 e. The fourth-order valence-electron chi connectivity index (χ4n) is 2.24. The molecule has 0 saturated heterocycles. The van der Waals surface area contributed by atoms with Crippen LogP contribution in [0.15, 0.2) is 30.9 Å². The Morgan fingerprint density at radius 3 is 2.64 bits per heavy atom. The molecule has 0 unspecified atom stereocenters. The van der Waals surface area contributed by atoms with Crippen molar-refractivity contribution >= 4 is 28.8 Å². The Labute approximate surface area is 141 Å². The number of pyridine rings is 1. The van der Waals surface area contributed by atoms with Crippen molar-refractivity contribution in [2.75, 3.05) is 11.9 Å². The zero-order valence-electron chi connectivity index (χ0n) is 13.0. The van der Waals surface area contributed by atoms with Crippen molar-refractivity contribution in [2.45, 2.75) is 12.8 Å². The highest BCUT2D eigenvalue weighted by atomic mass is 16.4. The highest BCUT2D eigenvalue weighted by Crippen LogP contribution is 2.20. The quantitative estimate of drug-likeness (QED) is 0.539. The number of aliphatic carboxylic acids is 1. The Hall–Kier alpha value is -3.56. The third-order valence-corrected chi connectivity index (χ3v) is 3.44. The molecule has 3 aromatic rings. The molecule has 0 aliphatic carbocycles. The number of nitrogens with one attached hydrogen (secondary N) is 1. The molecule has 3 aromatic heterocycles. The number of carboxylic acid groups (broad SMARTS) is 2. The van der Waals surface area contributed by atoms with Gasteiger partial charge in [-0.15, -0.1) is 0 Å². The molecule has 3 heterocycles. The van der Waals surface area contributed by atoms with Crippen molar-refractivity contribution in [3.63, 3.8) is 0 Å². The Bertz CT molecular complexity index is 921. The first kappa shape index (κ1) is 16.3. The number of aromatic nitrogens is 5. The van der Waals surface area contributed by atoms with E-state index in [0.29, 0.717) is 35.6 Å². The van der Waals surface area contributed by atoms with Crippen molar-refractivity contribution in [3.05, 3.63) is 36.4 Å². The van der Waals surface area contributed by atoms with Crippen LogP contribution in [-0.2, 0) is 4.79 Å². The molecule has 0 bridgehead atoms. The van der Waals surface area contributed by atoms with Gasteiger partial charge in [0.1, 0.15) is 12.1 Å². The predicted octanol–water partition coefficient (Wildman–Crippen LogP) is 1.19. The van der Waals surface area contributed by atoms with E-state index in [1.54, 1.807) is 6.20 Å². The van der Waals surface area contributed by atoms with Crippen LogP contribution < -0.4 is 5.32 Å². The third kappa shape index (κ3) is 3.52. The molecule has 0 atom stereocenters. The summed E-state index contributed by atoms with van der Waals surface area (Å²) >= 11 is 0. The average molecular weight is 342 g/mol. The number of hydrogen-bond acceptors (Lipinski definition) is 7. The van der Waals surface area contributed by atoms with Crippen LogP contribution in [-0.4, -0.2) is 53.4 Å². The smallest absolute Gasteiger partial charge is 0.337 e. The van der Waals surface area contributed by atoms with E-state index in [1.165, 1.54) is 29.3 Å². The van der Waals surface area contributed by atoms with Crippen LogP contribution in [0.1, 0.15) is 23.2 Å². The van der Waals surface area contributed by atoms with E-state index in [4.69, 9.17) is 10.2 Å². The Morgan fingerprint density at radius 2 is 1.96 bits per heavy atom. The second-order valence-electron chi connectivity index (χ2n) is 5.15. The minimum absolute atomic E-state index is 0.0698. The number of fused-ring (bicyclic) bond motifs is 1. The number of anilines is 1. The standard InChI is InChI=1S/C15H14N6O4/c22-12(23)2-1-5-16-13-10-7-20-21(14(10)19-8-18-13)11-4-3-9(6-17-11)15(24)25/h3-4,6-8H,1-2,5H2,(H,22,23)(H,24,25)(H,16,18,19). The fraction of sp³-hybridized carbons (Fsp3) is 0.200. The third-order valence-electron chi connectivity index (χ3n) is 3.44. The molecule has 0 aliphatic rings. The predicted molar refractivity (Wildman–Crippen MR) is 86.8 cm³/mol. The summed E-state index contributed by atoms with van der Waals surface area (Å²) < 4.78 is 1.48. The number of hydrogen-bond donors (Lipinski definition) is 3. The summed E-state index contributed by atoms with van der Waals surface area (Å²) in [6, 6.07) is 2.97. The van der Waals surface area contributed by atoms with E-state index in [2.05, 4.69) is 25.4 Å². The van der Waals surface area contributed by atoms with Gasteiger partial charge in [0.15, 0.2) is 11.5 Å². The van der Waals surface area contributed by atoms with Crippen molar-refractivity contribution in [1.82, 2.24) is 24.7 Å². The molecule has 0 aliphatic heterocycles. The minimum atomic E-state index is -1.06. The van der Waals surface area contributed by atoms with Crippen LogP contribution in [0.2, 0.25) is 0 Å². The summed E-state index contributed by atoms with van der Waals surface area (Å²) in [4.78, 5) is 33.9. The summed E-state index contributed by atoms with van der Waals surface area (Å²) in [5, 5.41) is 25.5. The molecule has 0 fully saturated rings. The lowest BCUT2D eigenvalue weighted by atomic mass is 10.3. The Kier molecular flexibility index (Phi) is 4.50. The first-order valence-electron chi connectivity index (χ1n) is 7.40. The average Bonchev–Trinajstić information content (AvgIpc) is 3.03. The highest BCUT2D eigenvalue weighted by Gasteiger charge is 2.12. The van der Waals surface area contributed by atoms with Gasteiger partial charge in [0.25, 0.3) is 0 Å². The molecule has 128 valence electrons. The monoisotopic (exact) mass is 342 g/mol. The van der Waals surface area contributed by atoms with Crippen molar-refractivity contribution in [3.8, 4) is 5.82 Å². The zero-order valence-corrected chi connectivity index (χ0v) is 13.0. The lowest BCUT2D eigenvalue weighted by Crippen LogP contribution is -2.07. The molecule has 0 radical (unpaired) electrons. The van der Waals surface area contributed by atoms with Crippen molar-refractivity contribution in [2.24, 2.45) is 0 Å². The van der Waals surface area contributed by atoms with E-state index in [0.717, 1.165) is 0 Å². The highest BCUT2D eigenvalue weighted by molar-refractivity contribution is 5.88. The Morgan fingerprint density at radius 1 is 1.12 bits per heavy atom. The van der Waals surface area contributed by atoms with Gasteiger partial charge in [-0.25, -0.2) is 19.7 Å². The van der Waals surface area contributed by atoms with Gasteiger partial charge in [-0.1, -0.05) is 0 Å². The summed E-state index contributed by atoms with van der Waals surface area (Å²) in [5.74, 6) is -0.933. The molecule has 0 aromatic carbocycles. The first-order chi connectivity index (χ1) is 12.1. The van der Waals surface area contributed by atoms with Crippen molar-refractivity contribution in [1.29, 1.82) is 0 Å². The molecule has 0 amide bonds. The summed E-state index contributed by atoms with van der Waals surface area (Å²) in [6.45, 7) is 0.454. The number of rotatable bonds is 7. The second-order valence-corrected chi connectivity index (χ2v) is 5.15. The molecule has 3 rings (SSSR count). The number of carbonyl (C=O) groups is 2. The van der Waals surface area contributed by atoms with E-state index in [9.17, 15) is 9.59 Å². The van der Waals surface area contributed by atoms with Crippen LogP contribution in [0.5, 0.6) is 0 Å². The van der Waals surface area contributed by atoms with Crippen LogP contribution in [0.25, 0.3) is 16.9 Å². The van der Waals surface area contributed by atoms with Gasteiger partial charge in [0, 0.05) is 19.2 Å². The summed E-state index contributed by atoms with van der Waals surface area (Å²) in [6.07, 6.45) is 4.72. The number of aromatic carboxylic acids is 1. The maximum Gasteiger partial charge on any atom is 0.337 e. The van der Waals surface area contributed by atoms with E-state index < -0.39 is 11.9 Å². The van der Waals surface area contributed by atoms with Crippen LogP contribution in [0, 0.1) is 0 Å². The van der Waals surface area contributed by atoms with Gasteiger partial charge in [-0.2, -0.15) is 9.78 Å². The molecule has 10 nitrogen and oxygen atoms in total. The molecular formula is C15H14N6O4. The zero-order chi connectivity index (χ0) is 17.8. The molecule has 0 saturated carbocycles. The van der Waals surface area contributed by atoms with Crippen molar-refractivity contribution < 1.29 is 19.8 Å². The fourth-order valence-corrected chi connectivity index (χ4v) is 2.24. The van der Waals surface area contributed by atoms with Gasteiger partial charge >= 0.3 is 11.9 Å². The van der Waals surface area contributed by atoms with Gasteiger partial charge in [-0.05, 0) is 18.6 Å². The minimum Gasteiger partial charge on any atom is -0.481 e. The van der Waals surface area contributed by atoms with Gasteiger partial charge in [0.2, 0.25) is 0 Å². The molecule has 10 heteroatoms. The van der Waals surface area contributed by atoms with Gasteiger partial charge < -0.3 is 15.5 Å². The van der Waals surface area contributed by atoms with Crippen LogP contribution >= 0.6 is 0 Å². The number of nitrogens with zero attached hydrogens (tertiary/aromatic N) is 5. The molecule has 3 N–H and O–H groups in total. The first-order valence-corrected chi connectivity index (χ1v) is 7.40. The second kappa shape index (κ2) is 6.91. The lowest BCUT2D eigenvalue weighted by molar-refractivity contribution is -0.137. The molecule has 0 spiro atoms. The SMILES string of the molecule is O=C(O)CCCNc1ncnc2c1cnn2-c1ccc(C(=O)O)cn1. The number of carboxylic acids is 2. The normalized spacial score (nSPS) is 10.7. The summed E-state index contributed by atoms with van der Waals surface area (Å²) in [7, 11) is 0. The molecule has 25 heavy (non-hydrogen) atoms. The van der Waals surface area contributed by atoms with Gasteiger partial charge in [0.05, 0.1) is 17.1 Å².